The van der Waals surface area contributed by atoms with Gasteiger partial charge in [0.2, 0.25) is 0 Å². The number of fused-ring (bicyclic) bond motifs is 2. The van der Waals surface area contributed by atoms with Crippen molar-refractivity contribution in [2.24, 2.45) is 0 Å². The number of benzene rings is 1. The van der Waals surface area contributed by atoms with Crippen molar-refractivity contribution >= 4 is 27.6 Å². The normalized spacial score (nSPS) is 11.4. The molecule has 5 rings (SSSR count). The second kappa shape index (κ2) is 7.32. The van der Waals surface area contributed by atoms with Crippen LogP contribution in [0.15, 0.2) is 59.8 Å². The first-order chi connectivity index (χ1) is 15.1. The van der Waals surface area contributed by atoms with Gasteiger partial charge in [-0.25, -0.2) is 19.6 Å². The fraction of sp³-hybridized carbons (Fsp3) is 0.174. The first-order valence-electron chi connectivity index (χ1n) is 10.1. The lowest BCUT2D eigenvalue weighted by atomic mass is 10.1. The van der Waals surface area contributed by atoms with Gasteiger partial charge in [0.15, 0.2) is 5.65 Å². The number of aryl methyl sites for hydroxylation is 2. The predicted octanol–water partition coefficient (Wildman–Crippen LogP) is 3.03. The van der Waals surface area contributed by atoms with Crippen molar-refractivity contribution in [3.05, 3.63) is 82.3 Å². The number of rotatable bonds is 4. The SMILES string of the molecule is CCc1nn(Cc2cc3ccccc3c(=O)n2-c2ncccc2C)c2ncnc(N)c12. The van der Waals surface area contributed by atoms with E-state index in [1.165, 1.54) is 6.33 Å². The molecule has 0 aliphatic carbocycles. The molecule has 0 fully saturated rings. The number of nitrogens with two attached hydrogens (primary N) is 1. The van der Waals surface area contributed by atoms with Crippen molar-refractivity contribution in [3.63, 3.8) is 0 Å². The molecule has 0 unspecified atom stereocenters. The monoisotopic (exact) mass is 411 g/mol. The summed E-state index contributed by atoms with van der Waals surface area (Å²) < 4.78 is 3.45. The molecule has 0 atom stereocenters. The van der Waals surface area contributed by atoms with Crippen LogP contribution in [0.25, 0.3) is 27.6 Å². The standard InChI is InChI=1S/C23H21N7O/c1-3-18-19-20(24)26-13-27-22(19)29(28-18)12-16-11-15-8-4-5-9-17(15)23(31)30(16)21-14(2)7-6-10-25-21/h4-11,13H,3,12H2,1-2H3,(H2,24,26,27). The molecule has 0 aliphatic rings. The van der Waals surface area contributed by atoms with Gasteiger partial charge in [0.05, 0.1) is 23.3 Å². The van der Waals surface area contributed by atoms with Crippen LogP contribution in [0.3, 0.4) is 0 Å². The Morgan fingerprint density at radius 3 is 2.71 bits per heavy atom. The van der Waals surface area contributed by atoms with E-state index in [0.29, 0.717) is 35.6 Å². The minimum atomic E-state index is -0.115. The summed E-state index contributed by atoms with van der Waals surface area (Å²) in [6.07, 6.45) is 3.83. The summed E-state index contributed by atoms with van der Waals surface area (Å²) in [6, 6.07) is 13.4. The van der Waals surface area contributed by atoms with Crippen molar-refractivity contribution < 1.29 is 0 Å². The summed E-state index contributed by atoms with van der Waals surface area (Å²) in [5, 5.41) is 7.00. The van der Waals surface area contributed by atoms with Gasteiger partial charge in [-0.15, -0.1) is 0 Å². The van der Waals surface area contributed by atoms with E-state index < -0.39 is 0 Å². The van der Waals surface area contributed by atoms with Crippen LogP contribution in [0.5, 0.6) is 0 Å². The summed E-state index contributed by atoms with van der Waals surface area (Å²) in [4.78, 5) is 26.6. The van der Waals surface area contributed by atoms with Crippen LogP contribution in [-0.2, 0) is 13.0 Å². The molecule has 0 radical (unpaired) electrons. The van der Waals surface area contributed by atoms with Gasteiger partial charge in [-0.1, -0.05) is 31.2 Å². The molecule has 0 amide bonds. The maximum Gasteiger partial charge on any atom is 0.264 e. The number of aromatic nitrogens is 6. The molecule has 0 aliphatic heterocycles. The van der Waals surface area contributed by atoms with Crippen LogP contribution in [0.1, 0.15) is 23.9 Å². The van der Waals surface area contributed by atoms with Crippen molar-refractivity contribution in [2.45, 2.75) is 26.8 Å². The summed E-state index contributed by atoms with van der Waals surface area (Å²) in [7, 11) is 0. The zero-order valence-electron chi connectivity index (χ0n) is 17.3. The molecule has 31 heavy (non-hydrogen) atoms. The highest BCUT2D eigenvalue weighted by Crippen LogP contribution is 2.24. The van der Waals surface area contributed by atoms with Crippen LogP contribution >= 0.6 is 0 Å². The molecule has 8 heteroatoms. The average Bonchev–Trinajstić information content (AvgIpc) is 3.14. The zero-order chi connectivity index (χ0) is 21.5. The molecule has 0 saturated carbocycles. The number of pyridine rings is 2. The van der Waals surface area contributed by atoms with Gasteiger partial charge in [-0.3, -0.25) is 9.36 Å². The van der Waals surface area contributed by atoms with Gasteiger partial charge >= 0.3 is 0 Å². The van der Waals surface area contributed by atoms with E-state index in [1.807, 2.05) is 56.3 Å². The van der Waals surface area contributed by atoms with Crippen LogP contribution < -0.4 is 11.3 Å². The summed E-state index contributed by atoms with van der Waals surface area (Å²) in [5.74, 6) is 1.01. The molecule has 0 spiro atoms. The lowest BCUT2D eigenvalue weighted by Gasteiger charge is -2.16. The van der Waals surface area contributed by atoms with Crippen LogP contribution in [-0.4, -0.2) is 29.3 Å². The molecule has 0 saturated heterocycles. The smallest absolute Gasteiger partial charge is 0.264 e. The van der Waals surface area contributed by atoms with Crippen LogP contribution in [0.2, 0.25) is 0 Å². The van der Waals surface area contributed by atoms with Crippen LogP contribution in [0, 0.1) is 6.92 Å². The summed E-state index contributed by atoms with van der Waals surface area (Å²) >= 11 is 0. The third-order valence-corrected chi connectivity index (χ3v) is 5.47. The Balaban J connectivity index is 1.79. The summed E-state index contributed by atoms with van der Waals surface area (Å²) in [5.41, 5.74) is 9.14. The Hall–Kier alpha value is -4.07. The second-order valence-electron chi connectivity index (χ2n) is 7.42. The molecule has 154 valence electrons. The Morgan fingerprint density at radius 2 is 1.90 bits per heavy atom. The van der Waals surface area contributed by atoms with E-state index in [9.17, 15) is 4.79 Å². The van der Waals surface area contributed by atoms with Gasteiger partial charge in [0.25, 0.3) is 5.56 Å². The average molecular weight is 411 g/mol. The number of hydrogen-bond acceptors (Lipinski definition) is 6. The molecule has 4 aromatic heterocycles. The van der Waals surface area contributed by atoms with Crippen LogP contribution in [0.4, 0.5) is 5.82 Å². The van der Waals surface area contributed by atoms with E-state index in [1.54, 1.807) is 15.4 Å². The van der Waals surface area contributed by atoms with Gasteiger partial charge in [0.1, 0.15) is 18.0 Å². The van der Waals surface area contributed by atoms with E-state index in [2.05, 4.69) is 15.0 Å². The quantitative estimate of drug-likeness (QED) is 0.487. The minimum absolute atomic E-state index is 0.115. The highest BCUT2D eigenvalue weighted by molar-refractivity contribution is 5.88. The number of nitrogen functional groups attached to an aromatic ring is 1. The Kier molecular flexibility index (Phi) is 4.47. The van der Waals surface area contributed by atoms with Gasteiger partial charge in [0, 0.05) is 11.6 Å². The fourth-order valence-electron chi connectivity index (χ4n) is 3.99. The van der Waals surface area contributed by atoms with E-state index >= 15 is 0 Å². The van der Waals surface area contributed by atoms with Crippen molar-refractivity contribution in [2.75, 3.05) is 5.73 Å². The fourth-order valence-corrected chi connectivity index (χ4v) is 3.99. The number of hydrogen-bond donors (Lipinski definition) is 1. The van der Waals surface area contributed by atoms with E-state index in [0.717, 1.165) is 27.7 Å². The topological polar surface area (TPSA) is 105 Å². The van der Waals surface area contributed by atoms with E-state index in [-0.39, 0.29) is 5.56 Å². The third kappa shape index (κ3) is 3.04. The van der Waals surface area contributed by atoms with Gasteiger partial charge < -0.3 is 5.73 Å². The maximum atomic E-state index is 13.5. The Bertz CT molecular complexity index is 1500. The summed E-state index contributed by atoms with van der Waals surface area (Å²) in [6.45, 7) is 4.30. The Labute approximate surface area is 178 Å². The number of nitrogens with zero attached hydrogens (tertiary/aromatic N) is 6. The lowest BCUT2D eigenvalue weighted by molar-refractivity contribution is 0.655. The lowest BCUT2D eigenvalue weighted by Crippen LogP contribution is -2.25. The van der Waals surface area contributed by atoms with Crippen molar-refractivity contribution in [1.82, 2.24) is 29.3 Å². The van der Waals surface area contributed by atoms with E-state index in [4.69, 9.17) is 10.8 Å². The minimum Gasteiger partial charge on any atom is -0.383 e. The largest absolute Gasteiger partial charge is 0.383 e. The first-order valence-corrected chi connectivity index (χ1v) is 10.1. The van der Waals surface area contributed by atoms with Crippen molar-refractivity contribution in [3.8, 4) is 5.82 Å². The maximum absolute atomic E-state index is 13.5. The molecule has 5 aromatic rings. The molecule has 4 heterocycles. The second-order valence-corrected chi connectivity index (χ2v) is 7.42. The molecular weight excluding hydrogens is 390 g/mol. The number of anilines is 1. The highest BCUT2D eigenvalue weighted by Gasteiger charge is 2.18. The first kappa shape index (κ1) is 18.9. The zero-order valence-corrected chi connectivity index (χ0v) is 17.3. The molecule has 8 nitrogen and oxygen atoms in total. The molecule has 2 N–H and O–H groups in total. The predicted molar refractivity (Wildman–Crippen MR) is 120 cm³/mol. The van der Waals surface area contributed by atoms with Gasteiger partial charge in [-0.2, -0.15) is 5.10 Å². The molecule has 1 aromatic carbocycles. The van der Waals surface area contributed by atoms with Crippen molar-refractivity contribution in [1.29, 1.82) is 0 Å². The molecule has 0 bridgehead atoms. The molecular formula is C23H21N7O. The van der Waals surface area contributed by atoms with Gasteiger partial charge in [-0.05, 0) is 42.5 Å². The Morgan fingerprint density at radius 1 is 1.06 bits per heavy atom. The third-order valence-electron chi connectivity index (χ3n) is 5.47. The highest BCUT2D eigenvalue weighted by atomic mass is 16.1.